The van der Waals surface area contributed by atoms with Crippen molar-refractivity contribution in [2.75, 3.05) is 47.0 Å². The van der Waals surface area contributed by atoms with Crippen molar-refractivity contribution in [3.63, 3.8) is 0 Å². The van der Waals surface area contributed by atoms with Crippen LogP contribution >= 0.6 is 0 Å². The van der Waals surface area contributed by atoms with Crippen LogP contribution in [0.1, 0.15) is 39.0 Å². The van der Waals surface area contributed by atoms with Crippen LogP contribution in [-0.2, 0) is 38.4 Å². The molecule has 1 fully saturated rings. The van der Waals surface area contributed by atoms with Crippen LogP contribution in [0.5, 0.6) is 0 Å². The van der Waals surface area contributed by atoms with Crippen molar-refractivity contribution in [2.45, 2.75) is 81.4 Å². The zero-order chi connectivity index (χ0) is 37.3. The lowest BCUT2D eigenvalue weighted by atomic mass is 10.0. The van der Waals surface area contributed by atoms with Crippen molar-refractivity contribution in [1.82, 2.24) is 42.1 Å². The fourth-order valence-corrected chi connectivity index (χ4v) is 4.75. The highest BCUT2D eigenvalue weighted by Gasteiger charge is 2.38. The molecule has 1 saturated heterocycles. The minimum Gasteiger partial charge on any atom is -0.480 e. The second-order valence-corrected chi connectivity index (χ2v) is 11.3. The van der Waals surface area contributed by atoms with Crippen LogP contribution in [0.15, 0.2) is 0 Å². The Labute approximate surface area is 281 Å². The third-order valence-electron chi connectivity index (χ3n) is 7.53. The summed E-state index contributed by atoms with van der Waals surface area (Å²) in [7, 11) is 2.54. The number of nitrogens with zero attached hydrogens (tertiary/aromatic N) is 1. The molecule has 7 amide bonds. The monoisotopic (exact) mass is 704 g/mol. The van der Waals surface area contributed by atoms with Gasteiger partial charge in [-0.05, 0) is 39.7 Å². The van der Waals surface area contributed by atoms with Crippen LogP contribution in [0.25, 0.3) is 0 Å². The lowest BCUT2D eigenvalue weighted by molar-refractivity contribution is -0.146. The van der Waals surface area contributed by atoms with Gasteiger partial charge in [-0.2, -0.15) is 0 Å². The van der Waals surface area contributed by atoms with Crippen molar-refractivity contribution >= 4 is 47.3 Å². The van der Waals surface area contributed by atoms with Gasteiger partial charge in [-0.3, -0.25) is 38.4 Å². The van der Waals surface area contributed by atoms with Gasteiger partial charge in [-0.15, -0.1) is 0 Å². The molecular formula is C28H48N8O13. The SMILES string of the molecule is CNC(CO)C(=O)NC1CCC(=O)NCCCCC(C(=O)NC(CO)C(=O)NCC(=O)O)NC(=O)C(CO)NC(=O)C(C(C)O)N(C)C1=O. The van der Waals surface area contributed by atoms with E-state index >= 15 is 0 Å². The molecule has 1 heterocycles. The molecule has 0 aliphatic carbocycles. The van der Waals surface area contributed by atoms with E-state index in [-0.39, 0.29) is 38.6 Å². The van der Waals surface area contributed by atoms with E-state index in [1.807, 2.05) is 5.32 Å². The molecule has 0 radical (unpaired) electrons. The number of carboxylic acids is 1. The first-order chi connectivity index (χ1) is 23.1. The molecule has 278 valence electrons. The summed E-state index contributed by atoms with van der Waals surface area (Å²) in [5.74, 6) is -7.75. The first-order valence-corrected chi connectivity index (χ1v) is 15.5. The molecule has 1 aliphatic heterocycles. The summed E-state index contributed by atoms with van der Waals surface area (Å²) in [6.07, 6.45) is -1.69. The molecule has 0 aromatic heterocycles. The van der Waals surface area contributed by atoms with E-state index in [1.165, 1.54) is 14.0 Å². The summed E-state index contributed by atoms with van der Waals surface area (Å²) in [4.78, 5) is 102. The van der Waals surface area contributed by atoms with Crippen molar-refractivity contribution in [1.29, 1.82) is 0 Å². The van der Waals surface area contributed by atoms with Gasteiger partial charge in [-0.1, -0.05) is 0 Å². The predicted octanol–water partition coefficient (Wildman–Crippen LogP) is -7.02. The summed E-state index contributed by atoms with van der Waals surface area (Å²) in [6.45, 7) is -2.07. The Morgan fingerprint density at radius 2 is 1.59 bits per heavy atom. The average molecular weight is 705 g/mol. The highest BCUT2D eigenvalue weighted by molar-refractivity contribution is 5.97. The fraction of sp³-hybridized carbons (Fsp3) is 0.714. The standard InChI is InChI=1S/C28H48N8O13/c1-14(40)22-27(48)35-19(13-39)26(47)32-15(24(45)34-18(12-38)23(44)31-10-21(42)43)6-4-5-9-30-20(41)8-7-16(28(49)36(22)3)33-25(46)17(11-37)29-2/h14-19,22,29,37-40H,4-13H2,1-3H3,(H,30,41)(H,31,44)(H,32,47)(H,33,46)(H,34,45)(H,35,48)(H,42,43). The third kappa shape index (κ3) is 13.9. The molecule has 7 atom stereocenters. The molecule has 0 spiro atoms. The van der Waals surface area contributed by atoms with Crippen LogP contribution in [0.4, 0.5) is 0 Å². The van der Waals surface area contributed by atoms with Gasteiger partial charge in [-0.25, -0.2) is 0 Å². The maximum absolute atomic E-state index is 13.6. The zero-order valence-electron chi connectivity index (χ0n) is 27.6. The summed E-state index contributed by atoms with van der Waals surface area (Å²) in [5, 5.41) is 64.7. The number of hydrogen-bond acceptors (Lipinski definition) is 13. The van der Waals surface area contributed by atoms with Gasteiger partial charge in [0.05, 0.1) is 25.9 Å². The number of aliphatic hydroxyl groups is 4. The molecule has 7 unspecified atom stereocenters. The molecule has 0 saturated carbocycles. The number of aliphatic hydroxyl groups excluding tert-OH is 4. The van der Waals surface area contributed by atoms with E-state index in [0.717, 1.165) is 11.9 Å². The Balaban J connectivity index is 3.36. The lowest BCUT2D eigenvalue weighted by Gasteiger charge is -2.33. The topological polar surface area (TPSA) is 325 Å². The van der Waals surface area contributed by atoms with Crippen LogP contribution in [-0.4, -0.2) is 167 Å². The van der Waals surface area contributed by atoms with E-state index in [9.17, 15) is 58.8 Å². The van der Waals surface area contributed by atoms with Crippen molar-refractivity contribution in [3.05, 3.63) is 0 Å². The number of aliphatic carboxylic acids is 1. The number of hydrogen-bond donors (Lipinski definition) is 12. The zero-order valence-corrected chi connectivity index (χ0v) is 27.6. The molecule has 21 nitrogen and oxygen atoms in total. The molecule has 1 aliphatic rings. The van der Waals surface area contributed by atoms with Crippen molar-refractivity contribution < 1.29 is 63.9 Å². The summed E-state index contributed by atoms with van der Waals surface area (Å²) < 4.78 is 0. The van der Waals surface area contributed by atoms with Gasteiger partial charge in [0.25, 0.3) is 0 Å². The van der Waals surface area contributed by atoms with Crippen LogP contribution in [0.3, 0.4) is 0 Å². The van der Waals surface area contributed by atoms with Gasteiger partial charge in [0.2, 0.25) is 41.4 Å². The normalized spacial score (nSPS) is 23.7. The van der Waals surface area contributed by atoms with E-state index in [0.29, 0.717) is 0 Å². The van der Waals surface area contributed by atoms with E-state index < -0.39 is 116 Å². The molecule has 49 heavy (non-hydrogen) atoms. The Hall–Kier alpha value is -4.44. The van der Waals surface area contributed by atoms with Gasteiger partial charge in [0.1, 0.15) is 42.8 Å². The smallest absolute Gasteiger partial charge is 0.322 e. The van der Waals surface area contributed by atoms with Gasteiger partial charge in [0.15, 0.2) is 0 Å². The Morgan fingerprint density at radius 3 is 2.14 bits per heavy atom. The Bertz CT molecular complexity index is 1180. The van der Waals surface area contributed by atoms with E-state index in [2.05, 4.69) is 31.9 Å². The summed E-state index contributed by atoms with van der Waals surface area (Å²) in [6, 6.07) is -8.89. The summed E-state index contributed by atoms with van der Waals surface area (Å²) in [5.41, 5.74) is 0. The second-order valence-electron chi connectivity index (χ2n) is 11.3. The van der Waals surface area contributed by atoms with Gasteiger partial charge < -0.3 is 67.7 Å². The summed E-state index contributed by atoms with van der Waals surface area (Å²) >= 11 is 0. The molecule has 12 N–H and O–H groups in total. The number of carbonyl (C=O) groups excluding carboxylic acids is 7. The number of likely N-dealkylation sites (N-methyl/N-ethyl adjacent to an activating group) is 2. The molecule has 0 aromatic carbocycles. The number of carboxylic acid groups (broad SMARTS) is 1. The van der Waals surface area contributed by atoms with Crippen molar-refractivity contribution in [3.8, 4) is 0 Å². The van der Waals surface area contributed by atoms with Crippen molar-refractivity contribution in [2.24, 2.45) is 0 Å². The molecule has 0 aromatic rings. The number of carbonyl (C=O) groups is 8. The predicted molar refractivity (Wildman–Crippen MR) is 167 cm³/mol. The lowest BCUT2D eigenvalue weighted by Crippen LogP contribution is -2.62. The fourth-order valence-electron chi connectivity index (χ4n) is 4.75. The van der Waals surface area contributed by atoms with Crippen LogP contribution < -0.4 is 37.2 Å². The second kappa shape index (κ2) is 21.5. The Kier molecular flexibility index (Phi) is 18.7. The molecule has 0 bridgehead atoms. The third-order valence-corrected chi connectivity index (χ3v) is 7.53. The molecule has 21 heteroatoms. The first kappa shape index (κ1) is 42.6. The molecule has 1 rings (SSSR count). The maximum atomic E-state index is 13.6. The van der Waals surface area contributed by atoms with Gasteiger partial charge in [0, 0.05) is 20.0 Å². The minimum absolute atomic E-state index is 0.0897. The highest BCUT2D eigenvalue weighted by atomic mass is 16.4. The number of nitrogens with one attached hydrogen (secondary N) is 7. The highest BCUT2D eigenvalue weighted by Crippen LogP contribution is 2.11. The number of rotatable bonds is 12. The molecular weight excluding hydrogens is 656 g/mol. The maximum Gasteiger partial charge on any atom is 0.322 e. The Morgan fingerprint density at radius 1 is 0.939 bits per heavy atom. The van der Waals surface area contributed by atoms with E-state index in [1.54, 1.807) is 0 Å². The first-order valence-electron chi connectivity index (χ1n) is 15.5. The van der Waals surface area contributed by atoms with Crippen LogP contribution in [0.2, 0.25) is 0 Å². The largest absolute Gasteiger partial charge is 0.480 e. The minimum atomic E-state index is -1.71. The average Bonchev–Trinajstić information content (AvgIpc) is 3.05. The quantitative estimate of drug-likeness (QED) is 0.0899. The van der Waals surface area contributed by atoms with Crippen LogP contribution in [0, 0.1) is 0 Å². The number of amides is 7. The van der Waals surface area contributed by atoms with Gasteiger partial charge >= 0.3 is 5.97 Å². The van der Waals surface area contributed by atoms with E-state index in [4.69, 9.17) is 5.11 Å².